The van der Waals surface area contributed by atoms with E-state index in [-0.39, 0.29) is 11.4 Å². The molecule has 0 spiro atoms. The molecule has 7 nitrogen and oxygen atoms in total. The summed E-state index contributed by atoms with van der Waals surface area (Å²) in [6.45, 7) is 5.67. The molecule has 188 valence electrons. The monoisotopic (exact) mass is 495 g/mol. The van der Waals surface area contributed by atoms with E-state index in [1.54, 1.807) is 6.07 Å². The zero-order chi connectivity index (χ0) is 25.6. The van der Waals surface area contributed by atoms with Crippen LogP contribution in [0.2, 0.25) is 0 Å². The van der Waals surface area contributed by atoms with Gasteiger partial charge in [-0.3, -0.25) is 4.68 Å². The summed E-state index contributed by atoms with van der Waals surface area (Å²) in [6.07, 6.45) is -0.219. The molecule has 36 heavy (non-hydrogen) atoms. The van der Waals surface area contributed by atoms with Crippen LogP contribution in [0.5, 0.6) is 0 Å². The number of alkyl halides is 3. The van der Waals surface area contributed by atoms with Crippen molar-refractivity contribution in [1.29, 1.82) is 0 Å². The molecule has 3 aromatic heterocycles. The summed E-state index contributed by atoms with van der Waals surface area (Å²) >= 11 is 0. The molecule has 0 amide bonds. The van der Waals surface area contributed by atoms with Gasteiger partial charge in [0.05, 0.1) is 28.3 Å². The molecule has 10 heteroatoms. The van der Waals surface area contributed by atoms with Crippen molar-refractivity contribution in [2.45, 2.75) is 52.8 Å². The number of anilines is 1. The van der Waals surface area contributed by atoms with Crippen LogP contribution >= 0.6 is 0 Å². The third kappa shape index (κ3) is 4.59. The molecule has 4 aromatic rings. The maximum Gasteiger partial charge on any atom is 0.419 e. The van der Waals surface area contributed by atoms with E-state index in [9.17, 15) is 13.2 Å². The highest BCUT2D eigenvalue weighted by atomic mass is 19.4. The van der Waals surface area contributed by atoms with E-state index in [2.05, 4.69) is 44.1 Å². The van der Waals surface area contributed by atoms with Crippen molar-refractivity contribution in [2.75, 3.05) is 12.4 Å². The molecule has 0 atom stereocenters. The second kappa shape index (κ2) is 9.07. The molecule has 0 saturated heterocycles. The Bertz CT molecular complexity index is 1400. The first-order valence-electron chi connectivity index (χ1n) is 11.9. The summed E-state index contributed by atoms with van der Waals surface area (Å²) in [5, 5.41) is 12.2. The van der Waals surface area contributed by atoms with Crippen molar-refractivity contribution in [3.63, 3.8) is 0 Å². The van der Waals surface area contributed by atoms with Gasteiger partial charge in [-0.15, -0.1) is 0 Å². The predicted molar refractivity (Wildman–Crippen MR) is 131 cm³/mol. The van der Waals surface area contributed by atoms with Gasteiger partial charge in [-0.2, -0.15) is 23.4 Å². The summed E-state index contributed by atoms with van der Waals surface area (Å²) in [5.74, 6) is 0.934. The van der Waals surface area contributed by atoms with Crippen molar-refractivity contribution in [1.82, 2.24) is 29.5 Å². The molecule has 5 rings (SSSR count). The first kappa shape index (κ1) is 24.0. The molecule has 1 saturated carbocycles. The smallest absolute Gasteiger partial charge is 0.388 e. The van der Waals surface area contributed by atoms with Crippen LogP contribution < -0.4 is 5.32 Å². The van der Waals surface area contributed by atoms with Gasteiger partial charge in [0.1, 0.15) is 6.33 Å². The number of hydrogen-bond donors (Lipinski definition) is 1. The third-order valence-corrected chi connectivity index (χ3v) is 6.75. The lowest BCUT2D eigenvalue weighted by Gasteiger charge is -2.10. The molecule has 0 radical (unpaired) electrons. The Morgan fingerprint density at radius 3 is 2.36 bits per heavy atom. The summed E-state index contributed by atoms with van der Waals surface area (Å²) in [4.78, 5) is 8.64. The quantitative estimate of drug-likeness (QED) is 0.366. The van der Waals surface area contributed by atoms with Gasteiger partial charge in [-0.1, -0.05) is 12.1 Å². The van der Waals surface area contributed by atoms with Gasteiger partial charge in [-0.05, 0) is 57.2 Å². The Morgan fingerprint density at radius 1 is 1.03 bits per heavy atom. The Kier molecular flexibility index (Phi) is 6.05. The van der Waals surface area contributed by atoms with Crippen molar-refractivity contribution in [2.24, 2.45) is 5.92 Å². The van der Waals surface area contributed by atoms with Crippen LogP contribution in [0.25, 0.3) is 17.1 Å². The van der Waals surface area contributed by atoms with Gasteiger partial charge in [0.2, 0.25) is 0 Å². The maximum atomic E-state index is 13.5. The van der Waals surface area contributed by atoms with Crippen LogP contribution in [0.4, 0.5) is 18.9 Å². The fraction of sp³-hybridized carbons (Fsp3) is 0.385. The molecule has 1 aromatic carbocycles. The number of nitrogens with one attached hydrogen (secondary N) is 1. The van der Waals surface area contributed by atoms with Gasteiger partial charge in [0.15, 0.2) is 5.82 Å². The van der Waals surface area contributed by atoms with Crippen LogP contribution in [0, 0.1) is 26.7 Å². The van der Waals surface area contributed by atoms with Crippen LogP contribution in [-0.2, 0) is 19.1 Å². The zero-order valence-electron chi connectivity index (χ0n) is 20.7. The van der Waals surface area contributed by atoms with Crippen LogP contribution in [0.3, 0.4) is 0 Å². The minimum absolute atomic E-state index is 0.00640. The first-order chi connectivity index (χ1) is 17.2. The standard InChI is InChI=1S/C26H28F3N7/c1-15-22(35(13-18-5-6-18)34-25(15)19-7-9-20(30-4)10-8-19)11-21-12-23(32-14-31-21)36-17(3)24(16(2)33-36)26(27,28)29/h7-10,12,14,18,30H,5-6,11,13H2,1-4H3. The lowest BCUT2D eigenvalue weighted by Crippen LogP contribution is -2.10. The van der Waals surface area contributed by atoms with Gasteiger partial charge >= 0.3 is 6.18 Å². The molecule has 0 bridgehead atoms. The summed E-state index contributed by atoms with van der Waals surface area (Å²) < 4.78 is 43.8. The van der Waals surface area contributed by atoms with Crippen LogP contribution in [-0.4, -0.2) is 36.6 Å². The number of benzene rings is 1. The van der Waals surface area contributed by atoms with Crippen LogP contribution in [0.1, 0.15) is 46.7 Å². The molecule has 0 unspecified atom stereocenters. The highest BCUT2D eigenvalue weighted by Gasteiger charge is 2.37. The Balaban J connectivity index is 1.50. The van der Waals surface area contributed by atoms with E-state index in [1.165, 1.54) is 37.7 Å². The molecular formula is C26H28F3N7. The SMILES string of the molecule is CNc1ccc(-c2nn(CC3CC3)c(Cc3cc(-n4nc(C)c(C(F)(F)F)c4C)ncn3)c2C)cc1. The lowest BCUT2D eigenvalue weighted by molar-refractivity contribution is -0.138. The number of nitrogens with zero attached hydrogens (tertiary/aromatic N) is 6. The fourth-order valence-corrected chi connectivity index (χ4v) is 4.62. The van der Waals surface area contributed by atoms with Gasteiger partial charge in [0, 0.05) is 43.0 Å². The van der Waals surface area contributed by atoms with E-state index >= 15 is 0 Å². The highest BCUT2D eigenvalue weighted by molar-refractivity contribution is 5.66. The molecular weight excluding hydrogens is 467 g/mol. The van der Waals surface area contributed by atoms with Crippen molar-refractivity contribution < 1.29 is 13.2 Å². The van der Waals surface area contributed by atoms with Crippen LogP contribution in [0.15, 0.2) is 36.7 Å². The number of aryl methyl sites for hydroxylation is 1. The first-order valence-corrected chi connectivity index (χ1v) is 11.9. The molecule has 1 fully saturated rings. The normalized spacial score (nSPS) is 13.9. The lowest BCUT2D eigenvalue weighted by atomic mass is 10.0. The predicted octanol–water partition coefficient (Wildman–Crippen LogP) is 5.51. The zero-order valence-corrected chi connectivity index (χ0v) is 20.7. The Hall–Kier alpha value is -3.69. The molecule has 1 aliphatic carbocycles. The Morgan fingerprint density at radius 2 is 1.75 bits per heavy atom. The maximum absolute atomic E-state index is 13.5. The van der Waals surface area contributed by atoms with Gasteiger partial charge < -0.3 is 5.32 Å². The van der Waals surface area contributed by atoms with Crippen molar-refractivity contribution in [3.05, 3.63) is 70.6 Å². The second-order valence-electron chi connectivity index (χ2n) is 9.37. The Labute approximate surface area is 207 Å². The minimum atomic E-state index is -4.48. The van der Waals surface area contributed by atoms with E-state index < -0.39 is 11.7 Å². The summed E-state index contributed by atoms with van der Waals surface area (Å²) in [7, 11) is 1.88. The molecule has 1 aliphatic rings. The average molecular weight is 496 g/mol. The number of hydrogen-bond acceptors (Lipinski definition) is 5. The topological polar surface area (TPSA) is 73.5 Å². The van der Waals surface area contributed by atoms with Crippen molar-refractivity contribution in [3.8, 4) is 17.1 Å². The van der Waals surface area contributed by atoms with Gasteiger partial charge in [0.25, 0.3) is 0 Å². The average Bonchev–Trinajstić information content (AvgIpc) is 3.54. The number of aromatic nitrogens is 6. The molecule has 1 N–H and O–H groups in total. The van der Waals surface area contributed by atoms with E-state index in [0.29, 0.717) is 23.9 Å². The third-order valence-electron chi connectivity index (χ3n) is 6.75. The van der Waals surface area contributed by atoms with E-state index in [0.717, 1.165) is 34.7 Å². The van der Waals surface area contributed by atoms with E-state index in [1.807, 2.05) is 19.2 Å². The number of rotatable bonds is 7. The fourth-order valence-electron chi connectivity index (χ4n) is 4.62. The van der Waals surface area contributed by atoms with E-state index in [4.69, 9.17) is 5.10 Å². The minimum Gasteiger partial charge on any atom is -0.388 e. The van der Waals surface area contributed by atoms with Gasteiger partial charge in [-0.25, -0.2) is 14.6 Å². The summed E-state index contributed by atoms with van der Waals surface area (Å²) in [5.41, 5.74) is 5.00. The van der Waals surface area contributed by atoms with Crippen molar-refractivity contribution >= 4 is 5.69 Å². The highest BCUT2D eigenvalue weighted by Crippen LogP contribution is 2.36. The largest absolute Gasteiger partial charge is 0.419 e. The molecule has 0 aliphatic heterocycles. The second-order valence-corrected chi connectivity index (χ2v) is 9.37. The number of halogens is 3. The summed E-state index contributed by atoms with van der Waals surface area (Å²) in [6, 6.07) is 9.85. The molecule has 3 heterocycles.